The Morgan fingerprint density at radius 3 is 2.31 bits per heavy atom. The lowest BCUT2D eigenvalue weighted by atomic mass is 9.96. The molecule has 0 aliphatic carbocycles. The summed E-state index contributed by atoms with van der Waals surface area (Å²) >= 11 is 0. The molecule has 0 unspecified atom stereocenters. The highest BCUT2D eigenvalue weighted by molar-refractivity contribution is 7.89. The van der Waals surface area contributed by atoms with Crippen molar-refractivity contribution in [3.8, 4) is 0 Å². The number of ether oxygens (including phenoxy) is 1. The molecule has 7 nitrogen and oxygen atoms in total. The van der Waals surface area contributed by atoms with Gasteiger partial charge in [-0.3, -0.25) is 9.69 Å². The van der Waals surface area contributed by atoms with Crippen LogP contribution in [-0.2, 0) is 19.6 Å². The van der Waals surface area contributed by atoms with Crippen LogP contribution in [-0.4, -0.2) is 75.0 Å². The van der Waals surface area contributed by atoms with E-state index in [2.05, 4.69) is 24.1 Å². The molecule has 3 rings (SSSR count). The lowest BCUT2D eigenvalue weighted by Crippen LogP contribution is -2.56. The second kappa shape index (κ2) is 9.07. The molecule has 0 saturated carbocycles. The van der Waals surface area contributed by atoms with Gasteiger partial charge in [0.1, 0.15) is 5.82 Å². The second-order valence-electron chi connectivity index (χ2n) is 8.26. The number of morpholine rings is 1. The standard InChI is InChI=1S/C20H30FN3O4S/c1-20(2,23-11-13-28-14-12-23)15-22-19(25)16-7-9-24(10-8-16)29(26,27)18-5-3-17(21)4-6-18/h3-6,16H,7-15H2,1-2H3,(H,22,25). The fourth-order valence-corrected chi connectivity index (χ4v) is 5.31. The van der Waals surface area contributed by atoms with Crippen molar-refractivity contribution in [2.45, 2.75) is 37.1 Å². The van der Waals surface area contributed by atoms with Crippen LogP contribution in [0.3, 0.4) is 0 Å². The fraction of sp³-hybridized carbons (Fsp3) is 0.650. The van der Waals surface area contributed by atoms with E-state index >= 15 is 0 Å². The van der Waals surface area contributed by atoms with E-state index in [1.807, 2.05) is 0 Å². The van der Waals surface area contributed by atoms with Crippen molar-refractivity contribution >= 4 is 15.9 Å². The van der Waals surface area contributed by atoms with Gasteiger partial charge in [0, 0.05) is 44.2 Å². The van der Waals surface area contributed by atoms with Gasteiger partial charge in [-0.2, -0.15) is 4.31 Å². The maximum atomic E-state index is 13.1. The van der Waals surface area contributed by atoms with Crippen molar-refractivity contribution in [2.24, 2.45) is 5.92 Å². The van der Waals surface area contributed by atoms with Crippen LogP contribution in [0.15, 0.2) is 29.2 Å². The summed E-state index contributed by atoms with van der Waals surface area (Å²) in [4.78, 5) is 15.0. The minimum atomic E-state index is -3.66. The number of carbonyl (C=O) groups excluding carboxylic acids is 1. The fourth-order valence-electron chi connectivity index (χ4n) is 3.84. The van der Waals surface area contributed by atoms with Crippen LogP contribution in [0, 0.1) is 11.7 Å². The topological polar surface area (TPSA) is 79.0 Å². The quantitative estimate of drug-likeness (QED) is 0.744. The van der Waals surface area contributed by atoms with Gasteiger partial charge in [-0.25, -0.2) is 12.8 Å². The van der Waals surface area contributed by atoms with Gasteiger partial charge < -0.3 is 10.1 Å². The number of nitrogens with zero attached hydrogens (tertiary/aromatic N) is 2. The molecule has 9 heteroatoms. The predicted octanol–water partition coefficient (Wildman–Crippen LogP) is 1.45. The van der Waals surface area contributed by atoms with Gasteiger partial charge in [-0.15, -0.1) is 0 Å². The molecule has 2 aliphatic heterocycles. The van der Waals surface area contributed by atoms with Crippen molar-refractivity contribution in [1.29, 1.82) is 0 Å². The van der Waals surface area contributed by atoms with E-state index in [0.29, 0.717) is 32.6 Å². The van der Waals surface area contributed by atoms with E-state index in [1.165, 1.54) is 16.4 Å². The minimum Gasteiger partial charge on any atom is -0.379 e. The monoisotopic (exact) mass is 427 g/mol. The number of benzene rings is 1. The number of hydrogen-bond donors (Lipinski definition) is 1. The van der Waals surface area contributed by atoms with Crippen molar-refractivity contribution in [1.82, 2.24) is 14.5 Å². The van der Waals surface area contributed by atoms with Gasteiger partial charge in [0.05, 0.1) is 18.1 Å². The summed E-state index contributed by atoms with van der Waals surface area (Å²) in [6.45, 7) is 8.43. The lowest BCUT2D eigenvalue weighted by molar-refractivity contribution is -0.126. The van der Waals surface area contributed by atoms with Crippen LogP contribution in [0.4, 0.5) is 4.39 Å². The third-order valence-electron chi connectivity index (χ3n) is 5.84. The molecular formula is C20H30FN3O4S. The van der Waals surface area contributed by atoms with Crippen LogP contribution < -0.4 is 5.32 Å². The Morgan fingerprint density at radius 2 is 1.72 bits per heavy atom. The maximum absolute atomic E-state index is 13.1. The molecule has 0 atom stereocenters. The first-order valence-electron chi connectivity index (χ1n) is 10.1. The SMILES string of the molecule is CC(C)(CNC(=O)C1CCN(S(=O)(=O)c2ccc(F)cc2)CC1)N1CCOCC1. The normalized spacial score (nSPS) is 20.5. The molecule has 2 aliphatic rings. The zero-order valence-electron chi connectivity index (χ0n) is 17.1. The predicted molar refractivity (Wildman–Crippen MR) is 107 cm³/mol. The number of hydrogen-bond acceptors (Lipinski definition) is 5. The molecule has 1 aromatic carbocycles. The third-order valence-corrected chi connectivity index (χ3v) is 7.75. The first-order chi connectivity index (χ1) is 13.7. The van der Waals surface area contributed by atoms with Gasteiger partial charge >= 0.3 is 0 Å². The number of rotatable bonds is 6. The van der Waals surface area contributed by atoms with E-state index in [9.17, 15) is 17.6 Å². The summed E-state index contributed by atoms with van der Waals surface area (Å²) in [7, 11) is -3.66. The molecule has 1 N–H and O–H groups in total. The largest absolute Gasteiger partial charge is 0.379 e. The Hall–Kier alpha value is -1.55. The van der Waals surface area contributed by atoms with E-state index in [0.717, 1.165) is 25.2 Å². The molecular weight excluding hydrogens is 397 g/mol. The van der Waals surface area contributed by atoms with Crippen LogP contribution in [0.2, 0.25) is 0 Å². The molecule has 2 heterocycles. The number of amides is 1. The van der Waals surface area contributed by atoms with Crippen molar-refractivity contribution in [2.75, 3.05) is 45.9 Å². The Labute approximate surface area is 172 Å². The maximum Gasteiger partial charge on any atom is 0.243 e. The summed E-state index contributed by atoms with van der Waals surface area (Å²) in [5.74, 6) is -0.695. The van der Waals surface area contributed by atoms with Gasteiger partial charge in [0.15, 0.2) is 0 Å². The van der Waals surface area contributed by atoms with Gasteiger partial charge in [-0.1, -0.05) is 0 Å². The number of nitrogens with one attached hydrogen (secondary N) is 1. The molecule has 0 spiro atoms. The zero-order chi connectivity index (χ0) is 21.1. The third kappa shape index (κ3) is 5.33. The first-order valence-corrected chi connectivity index (χ1v) is 11.5. The van der Waals surface area contributed by atoms with Crippen molar-refractivity contribution < 1.29 is 22.3 Å². The Kier molecular flexibility index (Phi) is 6.93. The molecule has 0 radical (unpaired) electrons. The number of piperidine rings is 1. The van der Waals surface area contributed by atoms with Crippen LogP contribution in [0.1, 0.15) is 26.7 Å². The summed E-state index contributed by atoms with van der Waals surface area (Å²) in [6.07, 6.45) is 0.953. The molecule has 2 saturated heterocycles. The van der Waals surface area contributed by atoms with Crippen LogP contribution in [0.5, 0.6) is 0 Å². The number of carbonyl (C=O) groups is 1. The first kappa shape index (κ1) is 22.1. The molecule has 162 valence electrons. The summed E-state index contributed by atoms with van der Waals surface area (Å²) in [5.41, 5.74) is -0.161. The highest BCUT2D eigenvalue weighted by atomic mass is 32.2. The van der Waals surface area contributed by atoms with Crippen LogP contribution >= 0.6 is 0 Å². The molecule has 0 aromatic heterocycles. The highest BCUT2D eigenvalue weighted by Gasteiger charge is 2.34. The highest BCUT2D eigenvalue weighted by Crippen LogP contribution is 2.24. The summed E-state index contributed by atoms with van der Waals surface area (Å²) < 4.78 is 45.2. The van der Waals surface area contributed by atoms with Crippen molar-refractivity contribution in [3.63, 3.8) is 0 Å². The average molecular weight is 428 g/mol. The van der Waals surface area contributed by atoms with E-state index in [1.54, 1.807) is 0 Å². The van der Waals surface area contributed by atoms with E-state index in [4.69, 9.17) is 4.74 Å². The summed E-state index contributed by atoms with van der Waals surface area (Å²) in [5, 5.41) is 3.05. The number of halogens is 1. The van der Waals surface area contributed by atoms with Gasteiger partial charge in [0.2, 0.25) is 15.9 Å². The molecule has 29 heavy (non-hydrogen) atoms. The average Bonchev–Trinajstić information content (AvgIpc) is 2.73. The minimum absolute atomic E-state index is 0.0230. The lowest BCUT2D eigenvalue weighted by Gasteiger charge is -2.41. The molecule has 1 amide bonds. The van der Waals surface area contributed by atoms with Crippen LogP contribution in [0.25, 0.3) is 0 Å². The zero-order valence-corrected chi connectivity index (χ0v) is 17.9. The summed E-state index contributed by atoms with van der Waals surface area (Å²) in [6, 6.07) is 4.83. The van der Waals surface area contributed by atoms with E-state index in [-0.39, 0.29) is 35.3 Å². The van der Waals surface area contributed by atoms with Crippen molar-refractivity contribution in [3.05, 3.63) is 30.1 Å². The molecule has 0 bridgehead atoms. The smallest absolute Gasteiger partial charge is 0.243 e. The molecule has 1 aromatic rings. The number of sulfonamides is 1. The Morgan fingerprint density at radius 1 is 1.14 bits per heavy atom. The Balaban J connectivity index is 1.51. The Bertz CT molecular complexity index is 800. The van der Waals surface area contributed by atoms with Gasteiger partial charge in [0.25, 0.3) is 0 Å². The van der Waals surface area contributed by atoms with Gasteiger partial charge in [-0.05, 0) is 51.0 Å². The molecule has 2 fully saturated rings. The van der Waals surface area contributed by atoms with E-state index < -0.39 is 15.8 Å². The second-order valence-corrected chi connectivity index (χ2v) is 10.2.